The molecule has 0 saturated carbocycles. The van der Waals surface area contributed by atoms with Crippen molar-refractivity contribution >= 4 is 15.9 Å². The molecule has 4 nitrogen and oxygen atoms in total. The summed E-state index contributed by atoms with van der Waals surface area (Å²) < 4.78 is 5.74. The fourth-order valence-corrected chi connectivity index (χ4v) is 1.59. The Kier molecular flexibility index (Phi) is 2.25. The van der Waals surface area contributed by atoms with Crippen molar-refractivity contribution < 1.29 is 4.42 Å². The molecule has 0 atom stereocenters. The van der Waals surface area contributed by atoms with Crippen molar-refractivity contribution in [2.24, 2.45) is 0 Å². The molecule has 1 aromatic heterocycles. The van der Waals surface area contributed by atoms with Gasteiger partial charge in [0.1, 0.15) is 0 Å². The van der Waals surface area contributed by atoms with Crippen LogP contribution in [0.3, 0.4) is 0 Å². The number of aromatic amines is 1. The van der Waals surface area contributed by atoms with Crippen LogP contribution in [-0.2, 0) is 0 Å². The van der Waals surface area contributed by atoms with E-state index in [1.54, 1.807) is 0 Å². The monoisotopic (exact) mass is 254 g/mol. The molecule has 0 radical (unpaired) electrons. The van der Waals surface area contributed by atoms with Crippen molar-refractivity contribution in [2.45, 2.75) is 6.92 Å². The van der Waals surface area contributed by atoms with Crippen LogP contribution in [0.15, 0.2) is 31.9 Å². The Labute approximate surface area is 88.1 Å². The van der Waals surface area contributed by atoms with Gasteiger partial charge < -0.3 is 4.42 Å². The van der Waals surface area contributed by atoms with Gasteiger partial charge in [-0.05, 0) is 34.5 Å². The Morgan fingerprint density at radius 2 is 2.29 bits per heavy atom. The number of nitrogens with zero attached hydrogens (tertiary/aromatic N) is 1. The Balaban J connectivity index is 2.62. The largest absolute Gasteiger partial charge is 0.434 e. The maximum absolute atomic E-state index is 10.8. The molecule has 0 aliphatic heterocycles. The first-order chi connectivity index (χ1) is 6.68. The summed E-state index contributed by atoms with van der Waals surface area (Å²) in [7, 11) is 0. The average molecular weight is 255 g/mol. The molecule has 1 aromatic carbocycles. The van der Waals surface area contributed by atoms with Crippen LogP contribution in [0, 0.1) is 6.92 Å². The van der Waals surface area contributed by atoms with Crippen molar-refractivity contribution in [3.63, 3.8) is 0 Å². The molecular formula is C9H7BrN2O2. The van der Waals surface area contributed by atoms with Gasteiger partial charge in [0, 0.05) is 4.47 Å². The van der Waals surface area contributed by atoms with E-state index in [1.807, 2.05) is 25.1 Å². The standard InChI is InChI=1S/C9H7BrN2O2/c1-5-3-2-4-6(7(5)10)8-11-12-9(13)14-8/h2-4H,1H3,(H,12,13). The molecule has 0 saturated heterocycles. The summed E-state index contributed by atoms with van der Waals surface area (Å²) in [6, 6.07) is 5.67. The second-order valence-electron chi connectivity index (χ2n) is 2.85. The Hall–Kier alpha value is -1.36. The van der Waals surface area contributed by atoms with Gasteiger partial charge >= 0.3 is 5.76 Å². The van der Waals surface area contributed by atoms with Crippen LogP contribution in [0.4, 0.5) is 0 Å². The number of rotatable bonds is 1. The summed E-state index contributed by atoms with van der Waals surface area (Å²) in [4.78, 5) is 10.8. The maximum Gasteiger partial charge on any atom is 0.434 e. The molecule has 0 aliphatic rings. The molecule has 0 bridgehead atoms. The van der Waals surface area contributed by atoms with Crippen LogP contribution in [0.5, 0.6) is 0 Å². The van der Waals surface area contributed by atoms with Gasteiger partial charge in [-0.3, -0.25) is 0 Å². The van der Waals surface area contributed by atoms with Gasteiger partial charge in [0.05, 0.1) is 5.56 Å². The van der Waals surface area contributed by atoms with Crippen LogP contribution in [0.2, 0.25) is 0 Å². The quantitative estimate of drug-likeness (QED) is 0.848. The summed E-state index contributed by atoms with van der Waals surface area (Å²) >= 11 is 3.41. The summed E-state index contributed by atoms with van der Waals surface area (Å²) in [5.74, 6) is -0.251. The number of halogens is 1. The number of hydrogen-bond donors (Lipinski definition) is 1. The van der Waals surface area contributed by atoms with Crippen molar-refractivity contribution in [3.05, 3.63) is 38.8 Å². The maximum atomic E-state index is 10.8. The van der Waals surface area contributed by atoms with Crippen molar-refractivity contribution in [3.8, 4) is 11.5 Å². The highest BCUT2D eigenvalue weighted by molar-refractivity contribution is 9.10. The highest BCUT2D eigenvalue weighted by atomic mass is 79.9. The average Bonchev–Trinajstić information content (AvgIpc) is 2.57. The molecule has 0 aliphatic carbocycles. The predicted octanol–water partition coefficient (Wildman–Crippen LogP) is 2.10. The predicted molar refractivity (Wildman–Crippen MR) is 55.0 cm³/mol. The topological polar surface area (TPSA) is 58.9 Å². The van der Waals surface area contributed by atoms with Gasteiger partial charge in [-0.15, -0.1) is 5.10 Å². The van der Waals surface area contributed by atoms with E-state index in [0.717, 1.165) is 15.6 Å². The van der Waals surface area contributed by atoms with E-state index in [0.29, 0.717) is 5.89 Å². The molecule has 0 unspecified atom stereocenters. The minimum absolute atomic E-state index is 0.297. The van der Waals surface area contributed by atoms with Crippen molar-refractivity contribution in [1.82, 2.24) is 10.2 Å². The van der Waals surface area contributed by atoms with Gasteiger partial charge in [0.2, 0.25) is 5.89 Å². The third-order valence-corrected chi connectivity index (χ3v) is 2.91. The van der Waals surface area contributed by atoms with Gasteiger partial charge in [-0.25, -0.2) is 9.89 Å². The lowest BCUT2D eigenvalue weighted by atomic mass is 10.1. The molecule has 1 N–H and O–H groups in total. The molecule has 0 fully saturated rings. The SMILES string of the molecule is Cc1cccc(-c2n[nH]c(=O)o2)c1Br. The van der Waals surface area contributed by atoms with Crippen molar-refractivity contribution in [2.75, 3.05) is 0 Å². The summed E-state index contributed by atoms with van der Waals surface area (Å²) in [5.41, 5.74) is 1.83. The zero-order valence-electron chi connectivity index (χ0n) is 7.37. The van der Waals surface area contributed by atoms with Gasteiger partial charge in [-0.1, -0.05) is 12.1 Å². The van der Waals surface area contributed by atoms with E-state index in [9.17, 15) is 4.79 Å². The van der Waals surface area contributed by atoms with E-state index >= 15 is 0 Å². The molecule has 0 amide bonds. The number of hydrogen-bond acceptors (Lipinski definition) is 3. The van der Waals surface area contributed by atoms with Gasteiger partial charge in [0.15, 0.2) is 0 Å². The molecule has 72 valence electrons. The molecule has 0 spiro atoms. The highest BCUT2D eigenvalue weighted by Crippen LogP contribution is 2.28. The van der Waals surface area contributed by atoms with E-state index in [2.05, 4.69) is 26.1 Å². The first-order valence-electron chi connectivity index (χ1n) is 3.99. The van der Waals surface area contributed by atoms with Gasteiger partial charge in [0.25, 0.3) is 0 Å². The second kappa shape index (κ2) is 3.42. The van der Waals surface area contributed by atoms with Gasteiger partial charge in [-0.2, -0.15) is 0 Å². The minimum Gasteiger partial charge on any atom is -0.388 e. The summed E-state index contributed by atoms with van der Waals surface area (Å²) in [5, 5.41) is 5.97. The third kappa shape index (κ3) is 1.50. The Morgan fingerprint density at radius 1 is 1.50 bits per heavy atom. The van der Waals surface area contributed by atoms with Crippen LogP contribution in [0.1, 0.15) is 5.56 Å². The molecule has 14 heavy (non-hydrogen) atoms. The molecule has 1 heterocycles. The molecule has 5 heteroatoms. The fraction of sp³-hybridized carbons (Fsp3) is 0.111. The number of benzene rings is 1. The lowest BCUT2D eigenvalue weighted by molar-refractivity contribution is 0.526. The molecule has 2 aromatic rings. The first kappa shape index (κ1) is 9.21. The number of H-pyrrole nitrogens is 1. The zero-order valence-corrected chi connectivity index (χ0v) is 8.96. The summed E-state index contributed by atoms with van der Waals surface area (Å²) in [6.45, 7) is 1.96. The molecular weight excluding hydrogens is 248 g/mol. The molecule has 2 rings (SSSR count). The lowest BCUT2D eigenvalue weighted by Crippen LogP contribution is -1.93. The number of aromatic nitrogens is 2. The third-order valence-electron chi connectivity index (χ3n) is 1.86. The number of aryl methyl sites for hydroxylation is 1. The Morgan fingerprint density at radius 3 is 2.93 bits per heavy atom. The number of nitrogens with one attached hydrogen (secondary N) is 1. The van der Waals surface area contributed by atoms with E-state index in [-0.39, 0.29) is 0 Å². The lowest BCUT2D eigenvalue weighted by Gasteiger charge is -2.01. The van der Waals surface area contributed by atoms with Crippen LogP contribution in [0.25, 0.3) is 11.5 Å². The zero-order chi connectivity index (χ0) is 10.1. The smallest absolute Gasteiger partial charge is 0.388 e. The first-order valence-corrected chi connectivity index (χ1v) is 4.79. The van der Waals surface area contributed by atoms with Crippen LogP contribution >= 0.6 is 15.9 Å². The summed E-state index contributed by atoms with van der Waals surface area (Å²) in [6.07, 6.45) is 0. The Bertz CT molecular complexity index is 516. The minimum atomic E-state index is -0.548. The normalized spacial score (nSPS) is 10.4. The van der Waals surface area contributed by atoms with Crippen LogP contribution in [-0.4, -0.2) is 10.2 Å². The second-order valence-corrected chi connectivity index (χ2v) is 3.65. The van der Waals surface area contributed by atoms with E-state index in [4.69, 9.17) is 4.42 Å². The fourth-order valence-electron chi connectivity index (χ4n) is 1.16. The van der Waals surface area contributed by atoms with E-state index < -0.39 is 5.76 Å². The highest BCUT2D eigenvalue weighted by Gasteiger charge is 2.10. The van der Waals surface area contributed by atoms with Crippen molar-refractivity contribution in [1.29, 1.82) is 0 Å². The van der Waals surface area contributed by atoms with Crippen LogP contribution < -0.4 is 5.76 Å². The van der Waals surface area contributed by atoms with E-state index in [1.165, 1.54) is 0 Å².